The monoisotopic (exact) mass is 322 g/mol. The molecule has 2 aliphatic heterocycles. The Morgan fingerprint density at radius 2 is 2.00 bits per heavy atom. The third kappa shape index (κ3) is 3.57. The normalized spacial score (nSPS) is 20.2. The van der Waals surface area contributed by atoms with E-state index in [9.17, 15) is 4.79 Å². The molecule has 22 heavy (non-hydrogen) atoms. The van der Waals surface area contributed by atoms with Crippen molar-refractivity contribution in [3.8, 4) is 0 Å². The predicted octanol–water partition coefficient (Wildman–Crippen LogP) is 4.12. The van der Waals surface area contributed by atoms with Crippen molar-refractivity contribution >= 4 is 24.0 Å². The second kappa shape index (κ2) is 6.91. The summed E-state index contributed by atoms with van der Waals surface area (Å²) < 4.78 is 0. The molecule has 2 heterocycles. The number of carbonyl (C=O) groups excluding carboxylic acids is 1. The second-order valence-electron chi connectivity index (χ2n) is 7.17. The quantitative estimate of drug-likeness (QED) is 0.843. The molecule has 3 rings (SSSR count). The van der Waals surface area contributed by atoms with Gasteiger partial charge in [-0.25, -0.2) is 0 Å². The Kier molecular flexibility index (Phi) is 5.38. The van der Waals surface area contributed by atoms with Gasteiger partial charge < -0.3 is 10.2 Å². The highest BCUT2D eigenvalue weighted by Crippen LogP contribution is 2.31. The highest BCUT2D eigenvalue weighted by molar-refractivity contribution is 5.97. The second-order valence-corrected chi connectivity index (χ2v) is 7.17. The number of rotatable bonds is 1. The van der Waals surface area contributed by atoms with Crippen LogP contribution in [0.5, 0.6) is 0 Å². The molecule has 0 radical (unpaired) electrons. The Balaban J connectivity index is 0.00000176. The summed E-state index contributed by atoms with van der Waals surface area (Å²) >= 11 is 0. The predicted molar refractivity (Wildman–Crippen MR) is 94.0 cm³/mol. The number of likely N-dealkylation sites (tertiary alicyclic amines) is 1. The number of halogens is 1. The molecule has 1 fully saturated rings. The van der Waals surface area contributed by atoms with Crippen LogP contribution < -0.4 is 5.32 Å². The van der Waals surface area contributed by atoms with Gasteiger partial charge in [0.1, 0.15) is 0 Å². The smallest absolute Gasteiger partial charge is 0.254 e. The van der Waals surface area contributed by atoms with Crippen LogP contribution in [0.1, 0.15) is 55.5 Å². The van der Waals surface area contributed by atoms with Crippen LogP contribution in [0.3, 0.4) is 0 Å². The van der Waals surface area contributed by atoms with Crippen molar-refractivity contribution in [1.29, 1.82) is 0 Å². The van der Waals surface area contributed by atoms with Gasteiger partial charge in [-0.05, 0) is 55.2 Å². The minimum absolute atomic E-state index is 0. The van der Waals surface area contributed by atoms with E-state index in [1.165, 1.54) is 12.0 Å². The lowest BCUT2D eigenvalue weighted by Gasteiger charge is -2.26. The molecule has 0 aliphatic carbocycles. The number of hydrogen-bond donors (Lipinski definition) is 1. The molecule has 2 aliphatic rings. The third-order valence-electron chi connectivity index (χ3n) is 4.95. The van der Waals surface area contributed by atoms with Gasteiger partial charge in [0.2, 0.25) is 0 Å². The molecule has 4 heteroatoms. The molecular weight excluding hydrogens is 296 g/mol. The zero-order valence-corrected chi connectivity index (χ0v) is 14.5. The van der Waals surface area contributed by atoms with Crippen LogP contribution in [-0.2, 0) is 6.42 Å². The van der Waals surface area contributed by atoms with Gasteiger partial charge in [0.25, 0.3) is 5.91 Å². The number of hydrogen-bond acceptors (Lipinski definition) is 2. The standard InChI is InChI=1S/C18H26N2O.ClH/c1-18(2)9-5-12-20(13-10-18)17(21)15-6-3-8-16-14(15)7-4-11-19-16;/h3,6,8,19H,4-5,7,9-13H2,1-2H3;1H. The lowest BCUT2D eigenvalue weighted by molar-refractivity contribution is 0.0756. The summed E-state index contributed by atoms with van der Waals surface area (Å²) in [5.41, 5.74) is 3.66. The van der Waals surface area contributed by atoms with Gasteiger partial charge in [-0.15, -0.1) is 12.4 Å². The minimum atomic E-state index is 0. The van der Waals surface area contributed by atoms with E-state index < -0.39 is 0 Å². The van der Waals surface area contributed by atoms with Crippen LogP contribution in [0.25, 0.3) is 0 Å². The van der Waals surface area contributed by atoms with Gasteiger partial charge in [0.05, 0.1) is 0 Å². The van der Waals surface area contributed by atoms with Gasteiger partial charge in [0, 0.05) is 30.9 Å². The van der Waals surface area contributed by atoms with E-state index in [0.717, 1.165) is 56.6 Å². The summed E-state index contributed by atoms with van der Waals surface area (Å²) in [6.07, 6.45) is 5.57. The van der Waals surface area contributed by atoms with Crippen molar-refractivity contribution in [3.05, 3.63) is 29.3 Å². The highest BCUT2D eigenvalue weighted by atomic mass is 35.5. The largest absolute Gasteiger partial charge is 0.385 e. The molecule has 1 amide bonds. The lowest BCUT2D eigenvalue weighted by atomic mass is 9.85. The average molecular weight is 323 g/mol. The molecule has 122 valence electrons. The molecule has 0 bridgehead atoms. The van der Waals surface area contributed by atoms with Gasteiger partial charge in [-0.3, -0.25) is 4.79 Å². The van der Waals surface area contributed by atoms with Crippen LogP contribution in [0, 0.1) is 5.41 Å². The van der Waals surface area contributed by atoms with E-state index in [2.05, 4.69) is 30.1 Å². The lowest BCUT2D eigenvalue weighted by Crippen LogP contribution is -2.33. The Labute approximate surface area is 139 Å². The third-order valence-corrected chi connectivity index (χ3v) is 4.95. The van der Waals surface area contributed by atoms with Gasteiger partial charge >= 0.3 is 0 Å². The SMILES string of the molecule is CC1(C)CCCN(C(=O)c2cccc3c2CCCN3)CC1.Cl. The molecule has 1 aromatic rings. The van der Waals surface area contributed by atoms with E-state index in [-0.39, 0.29) is 18.3 Å². The van der Waals surface area contributed by atoms with Gasteiger partial charge in [-0.1, -0.05) is 19.9 Å². The Morgan fingerprint density at radius 3 is 2.82 bits per heavy atom. The number of nitrogens with one attached hydrogen (secondary N) is 1. The first-order valence-electron chi connectivity index (χ1n) is 8.22. The number of fused-ring (bicyclic) bond motifs is 1. The summed E-state index contributed by atoms with van der Waals surface area (Å²) in [5.74, 6) is 0.230. The highest BCUT2D eigenvalue weighted by Gasteiger charge is 2.27. The minimum Gasteiger partial charge on any atom is -0.385 e. The fourth-order valence-corrected chi connectivity index (χ4v) is 3.51. The Hall–Kier alpha value is -1.22. The molecule has 3 nitrogen and oxygen atoms in total. The van der Waals surface area contributed by atoms with E-state index in [4.69, 9.17) is 0 Å². The molecule has 1 aromatic carbocycles. The van der Waals surface area contributed by atoms with Crippen molar-refractivity contribution in [1.82, 2.24) is 4.90 Å². The molecular formula is C18H27ClN2O. The summed E-state index contributed by atoms with van der Waals surface area (Å²) in [7, 11) is 0. The summed E-state index contributed by atoms with van der Waals surface area (Å²) in [4.78, 5) is 15.0. The van der Waals surface area contributed by atoms with Crippen LogP contribution in [0.4, 0.5) is 5.69 Å². The summed E-state index contributed by atoms with van der Waals surface area (Å²) in [6.45, 7) is 7.44. The molecule has 0 saturated carbocycles. The zero-order chi connectivity index (χ0) is 14.9. The van der Waals surface area contributed by atoms with Crippen LogP contribution in [-0.4, -0.2) is 30.4 Å². The van der Waals surface area contributed by atoms with Crippen molar-refractivity contribution < 1.29 is 4.79 Å². The first-order valence-corrected chi connectivity index (χ1v) is 8.22. The van der Waals surface area contributed by atoms with Crippen LogP contribution >= 0.6 is 12.4 Å². The maximum Gasteiger partial charge on any atom is 0.254 e. The number of amides is 1. The molecule has 0 atom stereocenters. The summed E-state index contributed by atoms with van der Waals surface area (Å²) in [6, 6.07) is 6.10. The molecule has 0 aromatic heterocycles. The number of anilines is 1. The van der Waals surface area contributed by atoms with E-state index >= 15 is 0 Å². The first-order chi connectivity index (χ1) is 10.1. The van der Waals surface area contributed by atoms with Crippen LogP contribution in [0.2, 0.25) is 0 Å². The zero-order valence-electron chi connectivity index (χ0n) is 13.7. The first kappa shape index (κ1) is 17.1. The fraction of sp³-hybridized carbons (Fsp3) is 0.611. The molecule has 1 N–H and O–H groups in total. The van der Waals surface area contributed by atoms with Crippen molar-refractivity contribution in [2.45, 2.75) is 46.0 Å². The van der Waals surface area contributed by atoms with Gasteiger partial charge in [-0.2, -0.15) is 0 Å². The maximum atomic E-state index is 12.9. The van der Waals surface area contributed by atoms with Crippen LogP contribution in [0.15, 0.2) is 18.2 Å². The van der Waals surface area contributed by atoms with Gasteiger partial charge in [0.15, 0.2) is 0 Å². The Morgan fingerprint density at radius 1 is 1.18 bits per heavy atom. The molecule has 1 saturated heterocycles. The van der Waals surface area contributed by atoms with E-state index in [1.54, 1.807) is 0 Å². The van der Waals surface area contributed by atoms with E-state index in [1.807, 2.05) is 12.1 Å². The number of benzene rings is 1. The topological polar surface area (TPSA) is 32.3 Å². The summed E-state index contributed by atoms with van der Waals surface area (Å²) in [5, 5.41) is 3.42. The van der Waals surface area contributed by atoms with Crippen molar-refractivity contribution in [2.24, 2.45) is 5.41 Å². The fourth-order valence-electron chi connectivity index (χ4n) is 3.51. The van der Waals surface area contributed by atoms with E-state index in [0.29, 0.717) is 5.41 Å². The number of carbonyl (C=O) groups is 1. The Bertz CT molecular complexity index is 542. The average Bonchev–Trinajstić information content (AvgIpc) is 2.67. The van der Waals surface area contributed by atoms with Crippen molar-refractivity contribution in [3.63, 3.8) is 0 Å². The molecule has 0 unspecified atom stereocenters. The number of nitrogens with zero attached hydrogens (tertiary/aromatic N) is 1. The molecule has 0 spiro atoms. The maximum absolute atomic E-state index is 12.9. The van der Waals surface area contributed by atoms with Crippen molar-refractivity contribution in [2.75, 3.05) is 25.0 Å².